The third-order valence-corrected chi connectivity index (χ3v) is 4.90. The van der Waals surface area contributed by atoms with Crippen molar-refractivity contribution in [2.75, 3.05) is 19.7 Å². The van der Waals surface area contributed by atoms with Gasteiger partial charge in [0.1, 0.15) is 0 Å². The molecule has 24 heavy (non-hydrogen) atoms. The van der Waals surface area contributed by atoms with E-state index in [0.717, 1.165) is 42.9 Å². The normalized spacial score (nSPS) is 17.1. The molecule has 1 aromatic heterocycles. The molecule has 0 N–H and O–H groups in total. The molecule has 1 amide bonds. The van der Waals surface area contributed by atoms with E-state index in [1.54, 1.807) is 11.6 Å². The van der Waals surface area contributed by atoms with Gasteiger partial charge in [-0.2, -0.15) is 5.10 Å². The van der Waals surface area contributed by atoms with E-state index in [2.05, 4.69) is 5.10 Å². The molecule has 0 aliphatic carbocycles. The molecule has 1 aliphatic rings. The van der Waals surface area contributed by atoms with Gasteiger partial charge in [0.2, 0.25) is 0 Å². The van der Waals surface area contributed by atoms with Gasteiger partial charge in [0, 0.05) is 31.4 Å². The Morgan fingerprint density at radius 2 is 1.71 bits per heavy atom. The number of aromatic nitrogens is 2. The maximum absolute atomic E-state index is 12.3. The minimum Gasteiger partial charge on any atom is -0.455 e. The van der Waals surface area contributed by atoms with E-state index in [1.165, 1.54) is 19.3 Å². The van der Waals surface area contributed by atoms with E-state index >= 15 is 0 Å². The predicted molar refractivity (Wildman–Crippen MR) is 91.7 cm³/mol. The number of carbonyl (C=O) groups is 2. The summed E-state index contributed by atoms with van der Waals surface area (Å²) in [5.74, 6) is -0.870. The summed E-state index contributed by atoms with van der Waals surface area (Å²) < 4.78 is 7.06. The van der Waals surface area contributed by atoms with Gasteiger partial charge in [-0.15, -0.1) is 0 Å². The van der Waals surface area contributed by atoms with Crippen molar-refractivity contribution >= 4 is 11.9 Å². The quantitative estimate of drug-likeness (QED) is 0.793. The number of carbonyl (C=O) groups excluding carboxylic acids is 2. The van der Waals surface area contributed by atoms with E-state index < -0.39 is 5.92 Å². The molecule has 134 valence electrons. The van der Waals surface area contributed by atoms with Crippen molar-refractivity contribution in [1.29, 1.82) is 0 Å². The van der Waals surface area contributed by atoms with E-state index in [-0.39, 0.29) is 18.5 Å². The number of rotatable bonds is 4. The van der Waals surface area contributed by atoms with Gasteiger partial charge < -0.3 is 9.64 Å². The molecule has 1 saturated heterocycles. The molecule has 6 heteroatoms. The lowest BCUT2D eigenvalue weighted by Crippen LogP contribution is -2.37. The summed E-state index contributed by atoms with van der Waals surface area (Å²) in [6, 6.07) is 0. The van der Waals surface area contributed by atoms with Gasteiger partial charge in [0.15, 0.2) is 6.61 Å². The van der Waals surface area contributed by atoms with Crippen LogP contribution >= 0.6 is 0 Å². The topological polar surface area (TPSA) is 64.4 Å². The van der Waals surface area contributed by atoms with E-state index in [1.807, 2.05) is 25.8 Å². The largest absolute Gasteiger partial charge is 0.455 e. The van der Waals surface area contributed by atoms with Crippen LogP contribution in [0, 0.1) is 13.8 Å². The maximum Gasteiger partial charge on any atom is 0.313 e. The van der Waals surface area contributed by atoms with Gasteiger partial charge in [0.25, 0.3) is 5.91 Å². The van der Waals surface area contributed by atoms with Crippen LogP contribution in [0.1, 0.15) is 61.9 Å². The summed E-state index contributed by atoms with van der Waals surface area (Å²) in [4.78, 5) is 26.5. The van der Waals surface area contributed by atoms with Crippen molar-refractivity contribution in [3.63, 3.8) is 0 Å². The molecule has 1 fully saturated rings. The number of aryl methyl sites for hydroxylation is 2. The fraction of sp³-hybridized carbons (Fsp3) is 0.722. The Hall–Kier alpha value is -1.85. The Bertz CT molecular complexity index is 587. The van der Waals surface area contributed by atoms with Crippen molar-refractivity contribution in [1.82, 2.24) is 14.7 Å². The van der Waals surface area contributed by atoms with Crippen molar-refractivity contribution in [3.8, 4) is 0 Å². The first kappa shape index (κ1) is 18.5. The van der Waals surface area contributed by atoms with Gasteiger partial charge in [-0.1, -0.05) is 19.3 Å². The first-order valence-corrected chi connectivity index (χ1v) is 8.86. The van der Waals surface area contributed by atoms with Crippen LogP contribution in [0.4, 0.5) is 0 Å². The lowest BCUT2D eigenvalue weighted by atomic mass is 9.99. The molecule has 0 spiro atoms. The molecule has 0 radical (unpaired) electrons. The highest BCUT2D eigenvalue weighted by Gasteiger charge is 2.25. The number of amides is 1. The first-order chi connectivity index (χ1) is 11.4. The highest BCUT2D eigenvalue weighted by Crippen LogP contribution is 2.24. The second-order valence-corrected chi connectivity index (χ2v) is 6.69. The summed E-state index contributed by atoms with van der Waals surface area (Å²) in [6.45, 7) is 7.00. The maximum atomic E-state index is 12.3. The molecule has 1 aliphatic heterocycles. The standard InChI is InChI=1S/C18H29N3O3/c1-13(17-14(2)19-20(4)15(17)3)18(23)24-12-16(22)21-10-8-6-5-7-9-11-21/h13H,5-12H2,1-4H3/t13-/m1/s1. The molecule has 0 aromatic carbocycles. The van der Waals surface area contributed by atoms with E-state index in [0.29, 0.717) is 0 Å². The molecule has 6 nitrogen and oxygen atoms in total. The van der Waals surface area contributed by atoms with Crippen molar-refractivity contribution in [2.45, 2.75) is 58.8 Å². The molecule has 0 unspecified atom stereocenters. The Kier molecular flexibility index (Phi) is 6.40. The average Bonchev–Trinajstić information content (AvgIpc) is 2.76. The molecule has 0 saturated carbocycles. The monoisotopic (exact) mass is 335 g/mol. The minimum atomic E-state index is -0.418. The van der Waals surface area contributed by atoms with E-state index in [9.17, 15) is 9.59 Å². The number of ether oxygens (including phenoxy) is 1. The van der Waals surface area contributed by atoms with Crippen LogP contribution in [0.15, 0.2) is 0 Å². The Morgan fingerprint density at radius 3 is 2.25 bits per heavy atom. The minimum absolute atomic E-state index is 0.0860. The molecular formula is C18H29N3O3. The van der Waals surface area contributed by atoms with Crippen LogP contribution in [-0.4, -0.2) is 46.3 Å². The molecule has 1 aromatic rings. The smallest absolute Gasteiger partial charge is 0.313 e. The molecule has 2 heterocycles. The predicted octanol–water partition coefficient (Wildman–Crippen LogP) is 2.48. The van der Waals surface area contributed by atoms with Crippen LogP contribution < -0.4 is 0 Å². The number of nitrogens with zero attached hydrogens (tertiary/aromatic N) is 3. The molecule has 2 rings (SSSR count). The molecule has 0 bridgehead atoms. The lowest BCUT2D eigenvalue weighted by molar-refractivity contribution is -0.153. The Balaban J connectivity index is 1.90. The van der Waals surface area contributed by atoms with Gasteiger partial charge >= 0.3 is 5.97 Å². The fourth-order valence-corrected chi connectivity index (χ4v) is 3.38. The molecular weight excluding hydrogens is 306 g/mol. The second-order valence-electron chi connectivity index (χ2n) is 6.69. The van der Waals surface area contributed by atoms with Crippen molar-refractivity contribution in [2.24, 2.45) is 7.05 Å². The third kappa shape index (κ3) is 4.36. The summed E-state index contributed by atoms with van der Waals surface area (Å²) in [5.41, 5.74) is 2.67. The highest BCUT2D eigenvalue weighted by molar-refractivity contribution is 5.83. The zero-order valence-corrected chi connectivity index (χ0v) is 15.3. The first-order valence-electron chi connectivity index (χ1n) is 8.86. The SMILES string of the molecule is Cc1nn(C)c(C)c1[C@@H](C)C(=O)OCC(=O)N1CCCCCCC1. The second kappa shape index (κ2) is 8.31. The van der Waals surface area contributed by atoms with Crippen LogP contribution in [0.2, 0.25) is 0 Å². The Morgan fingerprint density at radius 1 is 1.12 bits per heavy atom. The highest BCUT2D eigenvalue weighted by atomic mass is 16.5. The summed E-state index contributed by atoms with van der Waals surface area (Å²) >= 11 is 0. The van der Waals surface area contributed by atoms with E-state index in [4.69, 9.17) is 4.74 Å². The average molecular weight is 335 g/mol. The lowest BCUT2D eigenvalue weighted by Gasteiger charge is -2.24. The van der Waals surface area contributed by atoms with Crippen LogP contribution in [0.25, 0.3) is 0 Å². The number of likely N-dealkylation sites (tertiary alicyclic amines) is 1. The fourth-order valence-electron chi connectivity index (χ4n) is 3.38. The third-order valence-electron chi connectivity index (χ3n) is 4.90. The summed E-state index contributed by atoms with van der Waals surface area (Å²) in [6.07, 6.45) is 5.65. The number of hydrogen-bond acceptors (Lipinski definition) is 4. The van der Waals surface area contributed by atoms with Crippen molar-refractivity contribution < 1.29 is 14.3 Å². The van der Waals surface area contributed by atoms with Gasteiger partial charge in [-0.3, -0.25) is 14.3 Å². The summed E-state index contributed by atoms with van der Waals surface area (Å²) in [5, 5.41) is 4.34. The number of esters is 1. The van der Waals surface area contributed by atoms with Gasteiger partial charge in [-0.05, 0) is 33.6 Å². The zero-order chi connectivity index (χ0) is 17.7. The van der Waals surface area contributed by atoms with Gasteiger partial charge in [-0.25, -0.2) is 0 Å². The molecule has 1 atom stereocenters. The Labute approximate surface area is 144 Å². The van der Waals surface area contributed by atoms with Gasteiger partial charge in [0.05, 0.1) is 11.6 Å². The number of hydrogen-bond donors (Lipinski definition) is 0. The zero-order valence-electron chi connectivity index (χ0n) is 15.3. The van der Waals surface area contributed by atoms with Crippen molar-refractivity contribution in [3.05, 3.63) is 17.0 Å². The summed E-state index contributed by atoms with van der Waals surface area (Å²) in [7, 11) is 1.86. The van der Waals surface area contributed by atoms with Crippen LogP contribution in [0.5, 0.6) is 0 Å². The van der Waals surface area contributed by atoms with Crippen LogP contribution in [0.3, 0.4) is 0 Å². The van der Waals surface area contributed by atoms with Crippen LogP contribution in [-0.2, 0) is 21.4 Å².